The first-order valence-electron chi connectivity index (χ1n) is 6.65. The summed E-state index contributed by atoms with van der Waals surface area (Å²) in [5.74, 6) is 0. The van der Waals surface area contributed by atoms with Crippen molar-refractivity contribution in [2.24, 2.45) is 5.41 Å². The van der Waals surface area contributed by atoms with Gasteiger partial charge in [0.2, 0.25) is 0 Å². The van der Waals surface area contributed by atoms with Crippen LogP contribution in [-0.4, -0.2) is 5.52 Å². The van der Waals surface area contributed by atoms with Crippen LogP contribution >= 0.6 is 15.7 Å². The molecule has 102 valence electrons. The van der Waals surface area contributed by atoms with E-state index in [-0.39, 0.29) is 10.8 Å². The minimum atomic E-state index is -0.796. The summed E-state index contributed by atoms with van der Waals surface area (Å²) in [6, 6.07) is 8.45. The van der Waals surface area contributed by atoms with Crippen molar-refractivity contribution >= 4 is 31.5 Å². The van der Waals surface area contributed by atoms with Crippen LogP contribution in [0, 0.1) is 5.41 Å². The number of carbonyl (C=O) groups is 1. The van der Waals surface area contributed by atoms with Crippen LogP contribution in [0.4, 0.5) is 0 Å². The average Bonchev–Trinajstić information content (AvgIpc) is 2.65. The fourth-order valence-electron chi connectivity index (χ4n) is 2.07. The first-order valence-corrected chi connectivity index (χ1v) is 8.89. The van der Waals surface area contributed by atoms with Gasteiger partial charge in [-0.25, -0.2) is 0 Å². The third kappa shape index (κ3) is 2.78. The lowest BCUT2D eigenvalue weighted by Gasteiger charge is -2.23. The molecule has 0 amide bonds. The Balaban J connectivity index is 2.79. The Morgan fingerprint density at radius 1 is 1.05 bits per heavy atom. The average molecular weight is 292 g/mol. The molecular formula is C16H22OP2. The van der Waals surface area contributed by atoms with E-state index in [4.69, 9.17) is 0 Å². The number of rotatable bonds is 1. The number of benzene rings is 1. The molecule has 1 heterocycles. The van der Waals surface area contributed by atoms with Crippen molar-refractivity contribution in [1.29, 1.82) is 0 Å². The number of hydrogen-bond acceptors (Lipinski definition) is 1. The van der Waals surface area contributed by atoms with Crippen LogP contribution in [0.1, 0.15) is 51.4 Å². The highest BCUT2D eigenvalue weighted by Crippen LogP contribution is 2.57. The molecule has 3 heteroatoms. The maximum atomic E-state index is 12.9. The lowest BCUT2D eigenvalue weighted by molar-refractivity contribution is 0.0916. The first kappa shape index (κ1) is 14.8. The molecule has 1 aromatic heterocycles. The predicted molar refractivity (Wildman–Crippen MR) is 88.0 cm³/mol. The van der Waals surface area contributed by atoms with Crippen molar-refractivity contribution in [3.63, 3.8) is 0 Å². The van der Waals surface area contributed by atoms with E-state index in [0.29, 0.717) is 5.52 Å². The number of fused-ring (bicyclic) bond motifs is 1. The van der Waals surface area contributed by atoms with Gasteiger partial charge in [0, 0.05) is 20.7 Å². The molecule has 1 aromatic carbocycles. The summed E-state index contributed by atoms with van der Waals surface area (Å²) >= 11 is 0. The fraction of sp³-hybridized carbons (Fsp3) is 0.500. The Hall–Kier alpha value is -0.640. The van der Waals surface area contributed by atoms with E-state index >= 15 is 0 Å². The highest BCUT2D eigenvalue weighted by molar-refractivity contribution is 7.80. The topological polar surface area (TPSA) is 17.1 Å². The highest BCUT2D eigenvalue weighted by atomic mass is 31.1. The molecule has 0 aliphatic heterocycles. The predicted octanol–water partition coefficient (Wildman–Crippen LogP) is 6.39. The van der Waals surface area contributed by atoms with E-state index < -0.39 is 7.53 Å². The first-order chi connectivity index (χ1) is 8.62. The summed E-state index contributed by atoms with van der Waals surface area (Å²) < 4.78 is 0. The minimum Gasteiger partial charge on any atom is -0.289 e. The van der Waals surface area contributed by atoms with E-state index in [1.807, 2.05) is 20.8 Å². The van der Waals surface area contributed by atoms with Gasteiger partial charge in [0.15, 0.2) is 5.52 Å². The van der Waals surface area contributed by atoms with Crippen molar-refractivity contribution in [3.05, 3.63) is 29.3 Å². The van der Waals surface area contributed by atoms with Crippen molar-refractivity contribution in [2.45, 2.75) is 47.0 Å². The smallest absolute Gasteiger partial charge is 0.183 e. The molecular weight excluding hydrogens is 270 g/mol. The number of carbonyl (C=O) groups excluding carboxylic acids is 1. The standard InChI is InChI=1S/C16H22OP2/c1-15(2,3)13(17)19-12-10-8-7-9-11(12)18-14(19)16(4,5)6/h7-10H,1-6H3. The number of hydrogen-bond donors (Lipinski definition) is 0. The Morgan fingerprint density at radius 2 is 1.63 bits per heavy atom. The molecule has 0 aliphatic carbocycles. The SMILES string of the molecule is CC(C)(C)C(=O)p1c(C(C)(C)C)pc2ccccc21. The van der Waals surface area contributed by atoms with Crippen LogP contribution in [0.3, 0.4) is 0 Å². The summed E-state index contributed by atoms with van der Waals surface area (Å²) in [6.45, 7) is 12.8. The van der Waals surface area contributed by atoms with E-state index in [1.54, 1.807) is 0 Å². The van der Waals surface area contributed by atoms with Gasteiger partial charge < -0.3 is 0 Å². The van der Waals surface area contributed by atoms with Crippen molar-refractivity contribution < 1.29 is 4.79 Å². The molecule has 0 aliphatic rings. The van der Waals surface area contributed by atoms with Gasteiger partial charge in [0.05, 0.1) is 0 Å². The molecule has 2 rings (SSSR count). The third-order valence-electron chi connectivity index (χ3n) is 3.08. The van der Waals surface area contributed by atoms with Crippen molar-refractivity contribution in [3.8, 4) is 0 Å². The van der Waals surface area contributed by atoms with Gasteiger partial charge in [-0.3, -0.25) is 4.79 Å². The molecule has 0 fully saturated rings. The van der Waals surface area contributed by atoms with E-state index in [1.165, 1.54) is 23.5 Å². The zero-order chi connectivity index (χ0) is 14.4. The molecule has 1 unspecified atom stereocenters. The maximum Gasteiger partial charge on any atom is 0.183 e. The van der Waals surface area contributed by atoms with Crippen LogP contribution in [-0.2, 0) is 5.41 Å². The van der Waals surface area contributed by atoms with Gasteiger partial charge >= 0.3 is 0 Å². The van der Waals surface area contributed by atoms with Crippen LogP contribution in [0.25, 0.3) is 10.2 Å². The summed E-state index contributed by atoms with van der Waals surface area (Å²) in [5, 5.41) is 4.02. The second-order valence-corrected chi connectivity index (χ2v) is 10.6. The summed E-state index contributed by atoms with van der Waals surface area (Å²) in [7, 11) is 0.463. The lowest BCUT2D eigenvalue weighted by Crippen LogP contribution is -2.17. The highest BCUT2D eigenvalue weighted by Gasteiger charge is 2.31. The van der Waals surface area contributed by atoms with Gasteiger partial charge in [0.25, 0.3) is 0 Å². The zero-order valence-corrected chi connectivity index (χ0v) is 14.4. The van der Waals surface area contributed by atoms with E-state index in [9.17, 15) is 4.79 Å². The van der Waals surface area contributed by atoms with Crippen LogP contribution in [0.2, 0.25) is 0 Å². The molecule has 0 N–H and O–H groups in total. The fourth-order valence-corrected chi connectivity index (χ4v) is 7.27. The summed E-state index contributed by atoms with van der Waals surface area (Å²) in [5.41, 5.74) is 0.229. The van der Waals surface area contributed by atoms with Crippen LogP contribution in [0.5, 0.6) is 0 Å². The molecule has 0 spiro atoms. The quantitative estimate of drug-likeness (QED) is 0.595. The Morgan fingerprint density at radius 3 is 2.16 bits per heavy atom. The van der Waals surface area contributed by atoms with E-state index in [2.05, 4.69) is 45.0 Å². The summed E-state index contributed by atoms with van der Waals surface area (Å²) in [6.07, 6.45) is 0. The van der Waals surface area contributed by atoms with Gasteiger partial charge in [-0.15, -0.1) is 0 Å². The Kier molecular flexibility index (Phi) is 3.67. The molecule has 2 aromatic rings. The molecule has 0 radical (unpaired) electrons. The Bertz CT molecular complexity index is 624. The summed E-state index contributed by atoms with van der Waals surface area (Å²) in [4.78, 5) is 12.9. The molecule has 0 bridgehead atoms. The molecule has 1 nitrogen and oxygen atoms in total. The molecule has 0 saturated carbocycles. The van der Waals surface area contributed by atoms with Gasteiger partial charge in [-0.2, -0.15) is 0 Å². The van der Waals surface area contributed by atoms with Gasteiger partial charge in [-0.1, -0.05) is 61.9 Å². The lowest BCUT2D eigenvalue weighted by atomic mass is 9.99. The van der Waals surface area contributed by atoms with E-state index in [0.717, 1.165) is 0 Å². The third-order valence-corrected chi connectivity index (χ3v) is 8.71. The maximum absolute atomic E-state index is 12.9. The van der Waals surface area contributed by atoms with Crippen molar-refractivity contribution in [2.75, 3.05) is 0 Å². The second-order valence-electron chi connectivity index (χ2n) is 7.06. The van der Waals surface area contributed by atoms with Gasteiger partial charge in [-0.05, 0) is 25.1 Å². The van der Waals surface area contributed by atoms with Gasteiger partial charge in [0.1, 0.15) is 0 Å². The Labute approximate surface area is 118 Å². The molecule has 1 atom stereocenters. The zero-order valence-electron chi connectivity index (χ0n) is 12.6. The largest absolute Gasteiger partial charge is 0.289 e. The van der Waals surface area contributed by atoms with Crippen LogP contribution in [0.15, 0.2) is 24.3 Å². The minimum absolute atomic E-state index is 0.0905. The molecule has 19 heavy (non-hydrogen) atoms. The second kappa shape index (κ2) is 4.72. The van der Waals surface area contributed by atoms with Crippen molar-refractivity contribution in [1.82, 2.24) is 0 Å². The molecule has 0 saturated heterocycles. The monoisotopic (exact) mass is 292 g/mol. The normalized spacial score (nSPS) is 14.3. The van der Waals surface area contributed by atoms with Crippen LogP contribution < -0.4 is 0 Å².